The van der Waals surface area contributed by atoms with Gasteiger partial charge in [0.25, 0.3) is 5.91 Å². The normalized spacial score (nSPS) is 14.2. The van der Waals surface area contributed by atoms with Crippen LogP contribution < -0.4 is 5.32 Å². The SMILES string of the molecule is Cc1ccc(C(=O)N[C@@H](CO)[C@H](C)O)cn1. The minimum absolute atomic E-state index is 0.303. The molecule has 0 saturated carbocycles. The molecular weight excluding hydrogens is 208 g/mol. The van der Waals surface area contributed by atoms with Crippen LogP contribution in [-0.4, -0.2) is 39.9 Å². The molecule has 0 saturated heterocycles. The van der Waals surface area contributed by atoms with Crippen molar-refractivity contribution in [2.75, 3.05) is 6.61 Å². The molecule has 16 heavy (non-hydrogen) atoms. The second-order valence-corrected chi connectivity index (χ2v) is 3.69. The van der Waals surface area contributed by atoms with Gasteiger partial charge in [-0.25, -0.2) is 0 Å². The maximum atomic E-state index is 11.7. The number of nitrogens with one attached hydrogen (secondary N) is 1. The smallest absolute Gasteiger partial charge is 0.253 e. The number of aliphatic hydroxyl groups excluding tert-OH is 2. The summed E-state index contributed by atoms with van der Waals surface area (Å²) in [5.74, 6) is -0.354. The minimum Gasteiger partial charge on any atom is -0.394 e. The van der Waals surface area contributed by atoms with E-state index in [1.807, 2.05) is 6.92 Å². The third-order valence-electron chi connectivity index (χ3n) is 2.27. The van der Waals surface area contributed by atoms with Crippen LogP contribution in [0.1, 0.15) is 23.0 Å². The number of amides is 1. The molecule has 0 aliphatic heterocycles. The van der Waals surface area contributed by atoms with Crippen molar-refractivity contribution in [3.63, 3.8) is 0 Å². The molecule has 0 radical (unpaired) electrons. The Morgan fingerprint density at radius 3 is 2.69 bits per heavy atom. The Hall–Kier alpha value is -1.46. The van der Waals surface area contributed by atoms with E-state index in [0.29, 0.717) is 5.56 Å². The number of carbonyl (C=O) groups excluding carboxylic acids is 1. The predicted molar refractivity (Wildman–Crippen MR) is 59.0 cm³/mol. The van der Waals surface area contributed by atoms with Gasteiger partial charge < -0.3 is 15.5 Å². The summed E-state index contributed by atoms with van der Waals surface area (Å²) in [5.41, 5.74) is 1.23. The molecule has 0 aromatic carbocycles. The van der Waals surface area contributed by atoms with E-state index in [9.17, 15) is 9.90 Å². The van der Waals surface area contributed by atoms with Crippen molar-refractivity contribution in [3.8, 4) is 0 Å². The first kappa shape index (κ1) is 12.6. The average molecular weight is 224 g/mol. The summed E-state index contributed by atoms with van der Waals surface area (Å²) in [6.07, 6.45) is 0.661. The Labute approximate surface area is 94.1 Å². The number of hydrogen-bond acceptors (Lipinski definition) is 4. The zero-order valence-corrected chi connectivity index (χ0v) is 9.34. The summed E-state index contributed by atoms with van der Waals surface area (Å²) in [6, 6.07) is 2.72. The Bertz CT molecular complexity index is 349. The van der Waals surface area contributed by atoms with Crippen molar-refractivity contribution in [3.05, 3.63) is 29.6 Å². The van der Waals surface area contributed by atoms with Gasteiger partial charge in [0, 0.05) is 11.9 Å². The maximum absolute atomic E-state index is 11.7. The lowest BCUT2D eigenvalue weighted by Crippen LogP contribution is -2.44. The van der Waals surface area contributed by atoms with Crippen molar-refractivity contribution in [1.82, 2.24) is 10.3 Å². The van der Waals surface area contributed by atoms with Crippen LogP contribution in [0.15, 0.2) is 18.3 Å². The molecule has 3 N–H and O–H groups in total. The number of hydrogen-bond donors (Lipinski definition) is 3. The molecule has 2 atom stereocenters. The summed E-state index contributed by atoms with van der Waals surface area (Å²) in [6.45, 7) is 3.03. The van der Waals surface area contributed by atoms with Gasteiger partial charge in [-0.15, -0.1) is 0 Å². The van der Waals surface area contributed by atoms with Crippen LogP contribution in [0.25, 0.3) is 0 Å². The van der Waals surface area contributed by atoms with Gasteiger partial charge in [0.2, 0.25) is 0 Å². The van der Waals surface area contributed by atoms with E-state index in [2.05, 4.69) is 10.3 Å². The number of nitrogens with zero attached hydrogens (tertiary/aromatic N) is 1. The molecule has 0 aliphatic rings. The van der Waals surface area contributed by atoms with E-state index in [-0.39, 0.29) is 12.5 Å². The molecule has 1 amide bonds. The third kappa shape index (κ3) is 3.29. The lowest BCUT2D eigenvalue weighted by molar-refractivity contribution is 0.0758. The fraction of sp³-hybridized carbons (Fsp3) is 0.455. The van der Waals surface area contributed by atoms with Gasteiger partial charge in [-0.05, 0) is 26.0 Å². The van der Waals surface area contributed by atoms with E-state index in [1.165, 1.54) is 13.1 Å². The van der Waals surface area contributed by atoms with E-state index in [4.69, 9.17) is 5.11 Å². The van der Waals surface area contributed by atoms with Crippen LogP contribution in [0, 0.1) is 6.92 Å². The highest BCUT2D eigenvalue weighted by atomic mass is 16.3. The largest absolute Gasteiger partial charge is 0.394 e. The van der Waals surface area contributed by atoms with Crippen molar-refractivity contribution in [2.45, 2.75) is 26.0 Å². The van der Waals surface area contributed by atoms with Crippen molar-refractivity contribution < 1.29 is 15.0 Å². The molecule has 1 aromatic heterocycles. The molecule has 0 bridgehead atoms. The highest BCUT2D eigenvalue weighted by molar-refractivity contribution is 5.94. The van der Waals surface area contributed by atoms with E-state index in [0.717, 1.165) is 5.69 Å². The van der Waals surface area contributed by atoms with Gasteiger partial charge in [-0.1, -0.05) is 0 Å². The zero-order valence-electron chi connectivity index (χ0n) is 9.34. The number of pyridine rings is 1. The third-order valence-corrected chi connectivity index (χ3v) is 2.27. The molecule has 1 rings (SSSR count). The Kier molecular flexibility index (Phi) is 4.39. The van der Waals surface area contributed by atoms with E-state index in [1.54, 1.807) is 12.1 Å². The van der Waals surface area contributed by atoms with Gasteiger partial charge in [-0.2, -0.15) is 0 Å². The van der Waals surface area contributed by atoms with Gasteiger partial charge in [0.15, 0.2) is 0 Å². The van der Waals surface area contributed by atoms with Crippen LogP contribution in [0.4, 0.5) is 0 Å². The monoisotopic (exact) mass is 224 g/mol. The summed E-state index contributed by atoms with van der Waals surface area (Å²) in [7, 11) is 0. The lowest BCUT2D eigenvalue weighted by Gasteiger charge is -2.18. The van der Waals surface area contributed by atoms with Gasteiger partial charge >= 0.3 is 0 Å². The highest BCUT2D eigenvalue weighted by Gasteiger charge is 2.17. The summed E-state index contributed by atoms with van der Waals surface area (Å²) < 4.78 is 0. The van der Waals surface area contributed by atoms with Crippen LogP contribution in [0.2, 0.25) is 0 Å². The number of carbonyl (C=O) groups is 1. The number of rotatable bonds is 4. The average Bonchev–Trinajstić information content (AvgIpc) is 2.26. The Balaban J connectivity index is 2.68. The molecule has 1 aromatic rings. The minimum atomic E-state index is -0.799. The molecular formula is C11H16N2O3. The van der Waals surface area contributed by atoms with E-state index < -0.39 is 12.1 Å². The molecule has 0 fully saturated rings. The molecule has 0 aliphatic carbocycles. The Morgan fingerprint density at radius 2 is 2.25 bits per heavy atom. The number of aliphatic hydroxyl groups is 2. The molecule has 0 unspecified atom stereocenters. The zero-order chi connectivity index (χ0) is 12.1. The predicted octanol–water partition coefficient (Wildman–Crippen LogP) is -0.138. The molecule has 0 spiro atoms. The second kappa shape index (κ2) is 5.58. The quantitative estimate of drug-likeness (QED) is 0.665. The standard InChI is InChI=1S/C11H16N2O3/c1-7-3-4-9(5-12-7)11(16)13-10(6-14)8(2)15/h3-5,8,10,14-15H,6H2,1-2H3,(H,13,16)/t8-,10-/m0/s1. The van der Waals surface area contributed by atoms with Crippen molar-refractivity contribution >= 4 is 5.91 Å². The fourth-order valence-corrected chi connectivity index (χ4v) is 1.17. The summed E-state index contributed by atoms with van der Waals surface area (Å²) in [4.78, 5) is 15.6. The fourth-order valence-electron chi connectivity index (χ4n) is 1.17. The summed E-state index contributed by atoms with van der Waals surface area (Å²) in [5, 5.41) is 20.7. The van der Waals surface area contributed by atoms with Crippen LogP contribution >= 0.6 is 0 Å². The van der Waals surface area contributed by atoms with Crippen LogP contribution in [-0.2, 0) is 0 Å². The van der Waals surface area contributed by atoms with E-state index >= 15 is 0 Å². The maximum Gasteiger partial charge on any atom is 0.253 e. The molecule has 5 heteroatoms. The number of aromatic nitrogens is 1. The molecule has 88 valence electrons. The van der Waals surface area contributed by atoms with Gasteiger partial charge in [0.1, 0.15) is 0 Å². The number of aryl methyl sites for hydroxylation is 1. The van der Waals surface area contributed by atoms with Gasteiger partial charge in [0.05, 0.1) is 24.3 Å². The lowest BCUT2D eigenvalue weighted by atomic mass is 10.1. The second-order valence-electron chi connectivity index (χ2n) is 3.69. The van der Waals surface area contributed by atoms with Crippen molar-refractivity contribution in [2.24, 2.45) is 0 Å². The molecule has 5 nitrogen and oxygen atoms in total. The topological polar surface area (TPSA) is 82.5 Å². The first-order chi connectivity index (χ1) is 7.54. The first-order valence-electron chi connectivity index (χ1n) is 5.07. The van der Waals surface area contributed by atoms with Crippen molar-refractivity contribution in [1.29, 1.82) is 0 Å². The summed E-state index contributed by atoms with van der Waals surface area (Å²) >= 11 is 0. The first-order valence-corrected chi connectivity index (χ1v) is 5.07. The molecule has 1 heterocycles. The van der Waals surface area contributed by atoms with Crippen LogP contribution in [0.5, 0.6) is 0 Å². The van der Waals surface area contributed by atoms with Gasteiger partial charge in [-0.3, -0.25) is 9.78 Å². The Morgan fingerprint density at radius 1 is 1.56 bits per heavy atom. The van der Waals surface area contributed by atoms with Crippen LogP contribution in [0.3, 0.4) is 0 Å². The highest BCUT2D eigenvalue weighted by Crippen LogP contribution is 2.01.